The van der Waals surface area contributed by atoms with Crippen molar-refractivity contribution in [2.24, 2.45) is 0 Å². The maximum Gasteiger partial charge on any atom is 0.238 e. The molecule has 10 aromatic rings. The Bertz CT molecular complexity index is 2730. The summed E-state index contributed by atoms with van der Waals surface area (Å²) in [6.45, 7) is 0. The largest absolute Gasteiger partial charge is 0.455 e. The van der Waals surface area contributed by atoms with E-state index in [4.69, 9.17) is 19.4 Å². The zero-order chi connectivity index (χ0) is 30.9. The number of benzene rings is 6. The van der Waals surface area contributed by atoms with Crippen LogP contribution in [-0.4, -0.2) is 24.1 Å². The van der Waals surface area contributed by atoms with Crippen molar-refractivity contribution < 1.29 is 4.42 Å². The molecule has 6 heteroatoms. The number of fused-ring (bicyclic) bond motifs is 8. The summed E-state index contributed by atoms with van der Waals surface area (Å²) in [7, 11) is 0. The van der Waals surface area contributed by atoms with E-state index in [-0.39, 0.29) is 0 Å². The van der Waals surface area contributed by atoms with Gasteiger partial charge in [0.1, 0.15) is 11.2 Å². The average molecular weight is 604 g/mol. The van der Waals surface area contributed by atoms with E-state index in [9.17, 15) is 0 Å². The number of para-hydroxylation sites is 3. The number of aromatic nitrogens is 5. The molecule has 0 bridgehead atoms. The fourth-order valence-corrected chi connectivity index (χ4v) is 6.90. The van der Waals surface area contributed by atoms with E-state index in [2.05, 4.69) is 88.1 Å². The van der Waals surface area contributed by atoms with Gasteiger partial charge < -0.3 is 8.98 Å². The van der Waals surface area contributed by atoms with Crippen LogP contribution in [0, 0.1) is 0 Å². The van der Waals surface area contributed by atoms with Crippen molar-refractivity contribution in [1.82, 2.24) is 24.1 Å². The molecule has 10 rings (SSSR count). The summed E-state index contributed by atoms with van der Waals surface area (Å²) in [6, 6.07) is 49.8. The van der Waals surface area contributed by atoms with Crippen LogP contribution in [0.5, 0.6) is 0 Å². The van der Waals surface area contributed by atoms with E-state index in [1.54, 1.807) is 0 Å². The molecule has 0 aliphatic carbocycles. The summed E-state index contributed by atoms with van der Waals surface area (Å²) >= 11 is 0. The lowest BCUT2D eigenvalue weighted by molar-refractivity contribution is 0.673. The van der Waals surface area contributed by atoms with E-state index in [0.717, 1.165) is 71.5 Å². The summed E-state index contributed by atoms with van der Waals surface area (Å²) in [6.07, 6.45) is 2.15. The first-order valence-electron chi connectivity index (χ1n) is 15.6. The monoisotopic (exact) mass is 603 g/mol. The summed E-state index contributed by atoms with van der Waals surface area (Å²) < 4.78 is 11.0. The minimum atomic E-state index is 0.556. The summed E-state index contributed by atoms with van der Waals surface area (Å²) in [5, 5.41) is 5.57. The summed E-state index contributed by atoms with van der Waals surface area (Å²) in [4.78, 5) is 15.0. The van der Waals surface area contributed by atoms with Gasteiger partial charge in [0.2, 0.25) is 5.95 Å². The third-order valence-electron chi connectivity index (χ3n) is 9.02. The average Bonchev–Trinajstić information content (AvgIpc) is 3.82. The highest BCUT2D eigenvalue weighted by Gasteiger charge is 2.22. The normalized spacial score (nSPS) is 11.8. The molecule has 0 fully saturated rings. The minimum Gasteiger partial charge on any atom is -0.455 e. The Hall–Kier alpha value is -6.53. The molecule has 0 saturated heterocycles. The van der Waals surface area contributed by atoms with E-state index >= 15 is 0 Å². The molecule has 0 spiro atoms. The smallest absolute Gasteiger partial charge is 0.238 e. The lowest BCUT2D eigenvalue weighted by atomic mass is 10.1. The third-order valence-corrected chi connectivity index (χ3v) is 9.02. The summed E-state index contributed by atoms with van der Waals surface area (Å²) in [5.74, 6) is 1.80. The summed E-state index contributed by atoms with van der Waals surface area (Å²) in [5.41, 5.74) is 7.87. The second kappa shape index (κ2) is 9.99. The van der Waals surface area contributed by atoms with Gasteiger partial charge in [-0.15, -0.1) is 0 Å². The van der Waals surface area contributed by atoms with Gasteiger partial charge in [-0.2, -0.15) is 9.97 Å². The Labute approximate surface area is 268 Å². The van der Waals surface area contributed by atoms with Crippen molar-refractivity contribution >= 4 is 54.6 Å². The standard InChI is InChI=1S/C41H25N5O/c1-3-13-26(14-4-1)39-42-40(27-15-5-2-6-16-27)44-41(43-39)45-25-35(30-18-7-10-20-32(30)45)46-33-21-11-8-19-31(33)37-34(46)24-23-29-28-17-9-12-22-36(28)47-38(29)37/h1-25H. The molecule has 6 aromatic carbocycles. The predicted octanol–water partition coefficient (Wildman–Crippen LogP) is 10.1. The van der Waals surface area contributed by atoms with Gasteiger partial charge in [0.05, 0.1) is 27.6 Å². The Morgan fingerprint density at radius 3 is 1.77 bits per heavy atom. The molecule has 0 atom stereocenters. The van der Waals surface area contributed by atoms with Crippen LogP contribution in [0.4, 0.5) is 0 Å². The van der Waals surface area contributed by atoms with E-state index in [1.165, 1.54) is 0 Å². The lowest BCUT2D eigenvalue weighted by Gasteiger charge is -2.09. The van der Waals surface area contributed by atoms with E-state index in [0.29, 0.717) is 17.6 Å². The topological polar surface area (TPSA) is 61.7 Å². The molecule has 0 aliphatic rings. The fourth-order valence-electron chi connectivity index (χ4n) is 6.90. The Morgan fingerprint density at radius 1 is 0.447 bits per heavy atom. The van der Waals surface area contributed by atoms with E-state index in [1.807, 2.05) is 72.8 Å². The highest BCUT2D eigenvalue weighted by molar-refractivity contribution is 6.24. The highest BCUT2D eigenvalue weighted by Crippen LogP contribution is 2.42. The number of furan rings is 1. The van der Waals surface area contributed by atoms with Gasteiger partial charge in [0, 0.05) is 38.9 Å². The highest BCUT2D eigenvalue weighted by atomic mass is 16.3. The van der Waals surface area contributed by atoms with Crippen molar-refractivity contribution in [3.63, 3.8) is 0 Å². The van der Waals surface area contributed by atoms with Crippen molar-refractivity contribution in [2.75, 3.05) is 0 Å². The molecular formula is C41H25N5O. The van der Waals surface area contributed by atoms with Crippen LogP contribution in [0.3, 0.4) is 0 Å². The zero-order valence-corrected chi connectivity index (χ0v) is 25.1. The van der Waals surface area contributed by atoms with Crippen molar-refractivity contribution in [1.29, 1.82) is 0 Å². The van der Waals surface area contributed by atoms with Crippen LogP contribution in [0.2, 0.25) is 0 Å². The molecular weight excluding hydrogens is 578 g/mol. The van der Waals surface area contributed by atoms with Crippen LogP contribution >= 0.6 is 0 Å². The van der Waals surface area contributed by atoms with Crippen LogP contribution in [-0.2, 0) is 0 Å². The maximum absolute atomic E-state index is 6.55. The van der Waals surface area contributed by atoms with Gasteiger partial charge >= 0.3 is 0 Å². The molecule has 0 N–H and O–H groups in total. The quantitative estimate of drug-likeness (QED) is 0.201. The van der Waals surface area contributed by atoms with Gasteiger partial charge in [-0.25, -0.2) is 4.98 Å². The molecule has 4 aromatic heterocycles. The first-order chi connectivity index (χ1) is 23.3. The Balaban J connectivity index is 1.27. The molecule has 0 aliphatic heterocycles. The molecule has 0 unspecified atom stereocenters. The zero-order valence-electron chi connectivity index (χ0n) is 25.1. The first kappa shape index (κ1) is 25.8. The first-order valence-corrected chi connectivity index (χ1v) is 15.6. The van der Waals surface area contributed by atoms with Crippen LogP contribution in [0.25, 0.3) is 89.1 Å². The minimum absolute atomic E-state index is 0.556. The van der Waals surface area contributed by atoms with Crippen molar-refractivity contribution in [2.45, 2.75) is 0 Å². The molecule has 0 amide bonds. The van der Waals surface area contributed by atoms with Crippen LogP contribution < -0.4 is 0 Å². The van der Waals surface area contributed by atoms with Gasteiger partial charge in [0.15, 0.2) is 11.6 Å². The third kappa shape index (κ3) is 3.88. The van der Waals surface area contributed by atoms with Gasteiger partial charge in [-0.3, -0.25) is 4.57 Å². The number of hydrogen-bond acceptors (Lipinski definition) is 4. The van der Waals surface area contributed by atoms with Gasteiger partial charge in [0.25, 0.3) is 0 Å². The van der Waals surface area contributed by atoms with Gasteiger partial charge in [-0.1, -0.05) is 115 Å². The number of hydrogen-bond donors (Lipinski definition) is 0. The fraction of sp³-hybridized carbons (Fsp3) is 0. The number of rotatable bonds is 4. The predicted molar refractivity (Wildman–Crippen MR) is 189 cm³/mol. The molecule has 47 heavy (non-hydrogen) atoms. The second-order valence-corrected chi connectivity index (χ2v) is 11.7. The molecule has 0 radical (unpaired) electrons. The number of nitrogens with zero attached hydrogens (tertiary/aromatic N) is 5. The molecule has 4 heterocycles. The molecule has 220 valence electrons. The van der Waals surface area contributed by atoms with Crippen LogP contribution in [0.1, 0.15) is 0 Å². The Kier molecular flexibility index (Phi) is 5.48. The van der Waals surface area contributed by atoms with Crippen LogP contribution in [0.15, 0.2) is 156 Å². The molecule has 6 nitrogen and oxygen atoms in total. The van der Waals surface area contributed by atoms with Gasteiger partial charge in [-0.05, 0) is 30.3 Å². The Morgan fingerprint density at radius 2 is 1.04 bits per heavy atom. The van der Waals surface area contributed by atoms with Crippen molar-refractivity contribution in [3.05, 3.63) is 152 Å². The lowest BCUT2D eigenvalue weighted by Crippen LogP contribution is -2.05. The second-order valence-electron chi connectivity index (χ2n) is 11.7. The SMILES string of the molecule is c1ccc(-c2nc(-c3ccccc3)nc(-n3cc(-n4c5ccccc5c5c6oc7ccccc7c6ccc54)c4ccccc43)n2)cc1. The van der Waals surface area contributed by atoms with Crippen molar-refractivity contribution in [3.8, 4) is 34.4 Å². The molecule has 0 saturated carbocycles. The van der Waals surface area contributed by atoms with E-state index < -0.39 is 0 Å². The maximum atomic E-state index is 6.55.